The summed E-state index contributed by atoms with van der Waals surface area (Å²) in [6.07, 6.45) is -3.83. The molecule has 0 atom stereocenters. The Bertz CT molecular complexity index is 427. The second-order valence-electron chi connectivity index (χ2n) is 3.45. The number of halogens is 4. The van der Waals surface area contributed by atoms with Gasteiger partial charge in [0.1, 0.15) is 0 Å². The van der Waals surface area contributed by atoms with Gasteiger partial charge >= 0.3 is 18.4 Å². The van der Waals surface area contributed by atoms with Gasteiger partial charge in [-0.15, -0.1) is 11.3 Å². The van der Waals surface area contributed by atoms with Gasteiger partial charge in [0.15, 0.2) is 5.13 Å². The lowest BCUT2D eigenvalue weighted by Crippen LogP contribution is -2.42. The van der Waals surface area contributed by atoms with Crippen LogP contribution >= 0.6 is 11.3 Å². The zero-order valence-electron chi connectivity index (χ0n) is 9.75. The first-order chi connectivity index (χ1) is 8.85. The number of alkyl halides is 4. The third-order valence-corrected chi connectivity index (χ3v) is 2.67. The second-order valence-corrected chi connectivity index (χ2v) is 4.30. The molecule has 0 radical (unpaired) electrons. The molecule has 0 fully saturated rings. The van der Waals surface area contributed by atoms with Gasteiger partial charge in [-0.3, -0.25) is 5.32 Å². The van der Waals surface area contributed by atoms with Crippen LogP contribution in [0.4, 0.5) is 27.5 Å². The maximum absolute atomic E-state index is 12.5. The number of carbonyl (C=O) groups excluding carboxylic acids is 1. The monoisotopic (exact) mass is 301 g/mol. The van der Waals surface area contributed by atoms with E-state index in [4.69, 9.17) is 4.74 Å². The number of aromatic nitrogens is 1. The van der Waals surface area contributed by atoms with Gasteiger partial charge in [0, 0.05) is 12.5 Å². The molecule has 1 rings (SSSR count). The van der Waals surface area contributed by atoms with Crippen molar-refractivity contribution < 1.29 is 27.1 Å². The van der Waals surface area contributed by atoms with Crippen molar-refractivity contribution in [3.63, 3.8) is 0 Å². The normalized spacial score (nSPS) is 11.7. The predicted octanol–water partition coefficient (Wildman–Crippen LogP) is 2.31. The summed E-state index contributed by atoms with van der Waals surface area (Å²) < 4.78 is 53.5. The molecule has 1 aromatic heterocycles. The number of urea groups is 1. The van der Waals surface area contributed by atoms with Crippen molar-refractivity contribution in [3.8, 4) is 0 Å². The smallest absolute Gasteiger partial charge is 0.324 e. The molecule has 0 aliphatic carbocycles. The van der Waals surface area contributed by atoms with E-state index in [2.05, 4.69) is 10.3 Å². The first-order valence-electron chi connectivity index (χ1n) is 4.99. The quantitative estimate of drug-likeness (QED) is 0.793. The van der Waals surface area contributed by atoms with Gasteiger partial charge in [-0.05, 0) is 0 Å². The highest BCUT2D eigenvalue weighted by molar-refractivity contribution is 7.13. The predicted molar refractivity (Wildman–Crippen MR) is 60.8 cm³/mol. The molecule has 0 saturated carbocycles. The van der Waals surface area contributed by atoms with Crippen molar-refractivity contribution in [3.05, 3.63) is 11.1 Å². The Labute approximate surface area is 110 Å². The summed E-state index contributed by atoms with van der Waals surface area (Å²) in [7, 11) is 1.46. The van der Waals surface area contributed by atoms with E-state index in [9.17, 15) is 22.4 Å². The summed E-state index contributed by atoms with van der Waals surface area (Å²) in [5, 5.41) is 5.57. The highest BCUT2D eigenvalue weighted by Crippen LogP contribution is 2.21. The number of hydrogen-bond donors (Lipinski definition) is 2. The van der Waals surface area contributed by atoms with Crippen LogP contribution in [0.25, 0.3) is 0 Å². The minimum absolute atomic E-state index is 0.157. The van der Waals surface area contributed by atoms with Gasteiger partial charge in [0.05, 0.1) is 18.8 Å². The van der Waals surface area contributed by atoms with E-state index in [-0.39, 0.29) is 11.7 Å². The number of nitrogens with zero attached hydrogens (tertiary/aromatic N) is 1. The van der Waals surface area contributed by atoms with E-state index in [1.54, 1.807) is 10.7 Å². The largest absolute Gasteiger partial charge is 0.378 e. The summed E-state index contributed by atoms with van der Waals surface area (Å²) in [4.78, 5) is 15.1. The molecule has 0 bridgehead atoms. The van der Waals surface area contributed by atoms with Crippen molar-refractivity contribution >= 4 is 22.5 Å². The standard InChI is InChI=1S/C9H11F4N3O2S/c1-18-2-5-3-19-8(15-5)16-7(17)14-4-9(12,13)6(10)11/h3,6H,2,4H2,1H3,(H2,14,15,16,17). The van der Waals surface area contributed by atoms with Crippen LogP contribution in [0.5, 0.6) is 0 Å². The van der Waals surface area contributed by atoms with E-state index in [1.165, 1.54) is 7.11 Å². The zero-order chi connectivity index (χ0) is 14.5. The molecular formula is C9H11F4N3O2S. The Hall–Kier alpha value is -1.42. The first kappa shape index (κ1) is 15.6. The molecular weight excluding hydrogens is 290 g/mol. The summed E-state index contributed by atoms with van der Waals surface area (Å²) >= 11 is 1.06. The molecule has 0 aromatic carbocycles. The third kappa shape index (κ3) is 4.99. The van der Waals surface area contributed by atoms with Crippen LogP contribution in [0.15, 0.2) is 5.38 Å². The van der Waals surface area contributed by atoms with Crippen molar-refractivity contribution in [1.29, 1.82) is 0 Å². The Morgan fingerprint density at radius 3 is 2.84 bits per heavy atom. The van der Waals surface area contributed by atoms with Gasteiger partial charge in [-0.2, -0.15) is 8.78 Å². The number of hydrogen-bond acceptors (Lipinski definition) is 4. The molecule has 0 unspecified atom stereocenters. The molecule has 2 N–H and O–H groups in total. The number of methoxy groups -OCH3 is 1. The summed E-state index contributed by atoms with van der Waals surface area (Å²) in [6.45, 7) is -1.21. The van der Waals surface area contributed by atoms with Crippen molar-refractivity contribution in [2.24, 2.45) is 0 Å². The van der Waals surface area contributed by atoms with Crippen LogP contribution in [-0.4, -0.2) is 37.0 Å². The maximum Gasteiger partial charge on any atom is 0.324 e. The first-order valence-corrected chi connectivity index (χ1v) is 5.87. The Balaban J connectivity index is 2.42. The number of thiazole rings is 1. The Kier molecular flexibility index (Phi) is 5.48. The third-order valence-electron chi connectivity index (χ3n) is 1.87. The molecule has 5 nitrogen and oxygen atoms in total. The van der Waals surface area contributed by atoms with Crippen LogP contribution in [0.3, 0.4) is 0 Å². The molecule has 0 aliphatic heterocycles. The average Bonchev–Trinajstić information content (AvgIpc) is 2.74. The molecule has 0 saturated heterocycles. The average molecular weight is 301 g/mol. The van der Waals surface area contributed by atoms with Crippen molar-refractivity contribution in [2.45, 2.75) is 19.0 Å². The molecule has 0 aliphatic rings. The topological polar surface area (TPSA) is 63.2 Å². The van der Waals surface area contributed by atoms with Gasteiger partial charge in [0.25, 0.3) is 0 Å². The van der Waals surface area contributed by atoms with E-state index in [1.807, 2.05) is 0 Å². The Morgan fingerprint density at radius 1 is 1.58 bits per heavy atom. The number of rotatable bonds is 6. The Morgan fingerprint density at radius 2 is 2.26 bits per heavy atom. The second kappa shape index (κ2) is 6.66. The molecule has 1 aromatic rings. The molecule has 1 heterocycles. The highest BCUT2D eigenvalue weighted by atomic mass is 32.1. The number of amides is 2. The van der Waals surface area contributed by atoms with Gasteiger partial charge in [-0.25, -0.2) is 18.6 Å². The van der Waals surface area contributed by atoms with Crippen LogP contribution in [0.1, 0.15) is 5.69 Å². The van der Waals surface area contributed by atoms with Crippen LogP contribution in [-0.2, 0) is 11.3 Å². The zero-order valence-corrected chi connectivity index (χ0v) is 10.6. The number of anilines is 1. The van der Waals surface area contributed by atoms with Crippen molar-refractivity contribution in [2.75, 3.05) is 19.0 Å². The minimum Gasteiger partial charge on any atom is -0.378 e. The van der Waals surface area contributed by atoms with E-state index >= 15 is 0 Å². The summed E-state index contributed by atoms with van der Waals surface area (Å²) in [5.74, 6) is -4.26. The van der Waals surface area contributed by atoms with E-state index < -0.39 is 24.9 Å². The lowest BCUT2D eigenvalue weighted by Gasteiger charge is -2.15. The van der Waals surface area contributed by atoms with Gasteiger partial charge in [-0.1, -0.05) is 0 Å². The molecule has 0 spiro atoms. The minimum atomic E-state index is -4.26. The van der Waals surface area contributed by atoms with Gasteiger partial charge < -0.3 is 10.1 Å². The maximum atomic E-state index is 12.5. The van der Waals surface area contributed by atoms with E-state index in [0.717, 1.165) is 11.3 Å². The lowest BCUT2D eigenvalue weighted by molar-refractivity contribution is -0.123. The number of nitrogens with one attached hydrogen (secondary N) is 2. The van der Waals surface area contributed by atoms with Crippen LogP contribution in [0.2, 0.25) is 0 Å². The fourth-order valence-electron chi connectivity index (χ4n) is 0.995. The molecule has 108 valence electrons. The lowest BCUT2D eigenvalue weighted by atomic mass is 10.3. The SMILES string of the molecule is COCc1csc(NC(=O)NCC(F)(F)C(F)F)n1. The van der Waals surface area contributed by atoms with Crippen molar-refractivity contribution in [1.82, 2.24) is 10.3 Å². The highest BCUT2D eigenvalue weighted by Gasteiger charge is 2.40. The van der Waals surface area contributed by atoms with Gasteiger partial charge in [0.2, 0.25) is 0 Å². The number of carbonyl (C=O) groups is 1. The van der Waals surface area contributed by atoms with Crippen LogP contribution < -0.4 is 10.6 Å². The molecule has 10 heteroatoms. The van der Waals surface area contributed by atoms with Crippen LogP contribution in [0, 0.1) is 0 Å². The fourth-order valence-corrected chi connectivity index (χ4v) is 1.69. The fraction of sp³-hybridized carbons (Fsp3) is 0.556. The van der Waals surface area contributed by atoms with E-state index in [0.29, 0.717) is 5.69 Å². The molecule has 2 amide bonds. The number of ether oxygens (including phenoxy) is 1. The molecule has 19 heavy (non-hydrogen) atoms. The summed E-state index contributed by atoms with van der Waals surface area (Å²) in [5.41, 5.74) is 0.556. The summed E-state index contributed by atoms with van der Waals surface area (Å²) in [6, 6.07) is -1.03.